The first-order valence-corrected chi connectivity index (χ1v) is 11.0. The van der Waals surface area contributed by atoms with Gasteiger partial charge < -0.3 is 9.80 Å². The largest absolute Gasteiger partial charge is 0.353 e. The average molecular weight is 415 g/mol. The van der Waals surface area contributed by atoms with E-state index in [1.54, 1.807) is 0 Å². The van der Waals surface area contributed by atoms with Crippen molar-refractivity contribution in [2.24, 2.45) is 0 Å². The van der Waals surface area contributed by atoms with E-state index in [4.69, 9.17) is 16.6 Å². The third-order valence-electron chi connectivity index (χ3n) is 5.56. The minimum atomic E-state index is 0.282. The Balaban J connectivity index is 1.74. The van der Waals surface area contributed by atoms with E-state index >= 15 is 0 Å². The van der Waals surface area contributed by atoms with E-state index in [9.17, 15) is 4.79 Å². The molecule has 1 aliphatic heterocycles. The van der Waals surface area contributed by atoms with Crippen molar-refractivity contribution >= 4 is 23.3 Å². The molecule has 1 aliphatic rings. The van der Waals surface area contributed by atoms with Gasteiger partial charge in [-0.2, -0.15) is 0 Å². The maximum Gasteiger partial charge on any atom is 0.222 e. The second-order valence-corrected chi connectivity index (χ2v) is 8.16. The lowest BCUT2D eigenvalue weighted by Gasteiger charge is -2.36. The molecule has 1 aromatic heterocycles. The number of unbranched alkanes of at least 4 members (excludes halogenated alkanes) is 2. The second kappa shape index (κ2) is 10.1. The molecule has 2 heterocycles. The first kappa shape index (κ1) is 21.6. The van der Waals surface area contributed by atoms with Crippen LogP contribution in [0.5, 0.6) is 0 Å². The highest BCUT2D eigenvalue weighted by Gasteiger charge is 2.24. The lowest BCUT2D eigenvalue weighted by atomic mass is 10.0. The van der Waals surface area contributed by atoms with Gasteiger partial charge in [-0.3, -0.25) is 4.79 Å². The van der Waals surface area contributed by atoms with Crippen LogP contribution in [0.1, 0.15) is 55.3 Å². The Labute approximate surface area is 179 Å². The summed E-state index contributed by atoms with van der Waals surface area (Å²) in [6, 6.07) is 7.93. The molecule has 1 aromatic carbocycles. The number of aromatic nitrogens is 2. The Morgan fingerprint density at radius 2 is 1.79 bits per heavy atom. The van der Waals surface area contributed by atoms with Gasteiger partial charge in [0.15, 0.2) is 0 Å². The van der Waals surface area contributed by atoms with Crippen LogP contribution in [-0.4, -0.2) is 47.0 Å². The fourth-order valence-electron chi connectivity index (χ4n) is 3.87. The van der Waals surface area contributed by atoms with E-state index < -0.39 is 0 Å². The number of anilines is 1. The summed E-state index contributed by atoms with van der Waals surface area (Å²) < 4.78 is 0. The van der Waals surface area contributed by atoms with Gasteiger partial charge in [-0.1, -0.05) is 49.6 Å². The van der Waals surface area contributed by atoms with Crippen LogP contribution in [0.4, 0.5) is 5.82 Å². The smallest absolute Gasteiger partial charge is 0.222 e. The van der Waals surface area contributed by atoms with Gasteiger partial charge in [0.1, 0.15) is 11.6 Å². The molecule has 29 heavy (non-hydrogen) atoms. The lowest BCUT2D eigenvalue weighted by molar-refractivity contribution is -0.131. The number of nitrogens with zero attached hydrogens (tertiary/aromatic N) is 4. The number of carbonyl (C=O) groups excluding carboxylic acids is 1. The number of benzene rings is 1. The number of halogens is 1. The number of rotatable bonds is 7. The normalized spacial score (nSPS) is 14.3. The summed E-state index contributed by atoms with van der Waals surface area (Å²) in [6.45, 7) is 9.23. The highest BCUT2D eigenvalue weighted by atomic mass is 35.5. The molecule has 0 spiro atoms. The number of hydrogen-bond acceptors (Lipinski definition) is 4. The van der Waals surface area contributed by atoms with Crippen molar-refractivity contribution in [1.82, 2.24) is 14.9 Å². The summed E-state index contributed by atoms with van der Waals surface area (Å²) in [4.78, 5) is 26.1. The third-order valence-corrected chi connectivity index (χ3v) is 5.92. The van der Waals surface area contributed by atoms with Gasteiger partial charge in [0.2, 0.25) is 5.91 Å². The Hall–Kier alpha value is -2.14. The van der Waals surface area contributed by atoms with Gasteiger partial charge in [-0.25, -0.2) is 9.97 Å². The van der Waals surface area contributed by atoms with Crippen molar-refractivity contribution < 1.29 is 4.79 Å². The SMILES string of the molecule is CCCCCC(=O)N1CCN(c2nc(C)nc(C)c2Cc2ccccc2Cl)CC1. The predicted molar refractivity (Wildman–Crippen MR) is 119 cm³/mol. The molecule has 156 valence electrons. The number of hydrogen-bond donors (Lipinski definition) is 0. The molecule has 0 N–H and O–H groups in total. The van der Waals surface area contributed by atoms with Crippen molar-refractivity contribution in [3.63, 3.8) is 0 Å². The lowest BCUT2D eigenvalue weighted by Crippen LogP contribution is -2.49. The van der Waals surface area contributed by atoms with Gasteiger partial charge in [0.05, 0.1) is 0 Å². The molecule has 0 bridgehead atoms. The summed E-state index contributed by atoms with van der Waals surface area (Å²) in [5, 5.41) is 0.765. The van der Waals surface area contributed by atoms with E-state index in [1.165, 1.54) is 0 Å². The standard InChI is InChI=1S/C23H31ClN4O/c1-4-5-6-11-22(29)27-12-14-28(15-13-27)23-20(17(2)25-18(3)26-23)16-19-9-7-8-10-21(19)24/h7-10H,4-6,11-16H2,1-3H3. The van der Waals surface area contributed by atoms with Crippen LogP contribution < -0.4 is 4.90 Å². The van der Waals surface area contributed by atoms with Crippen LogP contribution in [0.2, 0.25) is 5.02 Å². The van der Waals surface area contributed by atoms with Crippen molar-refractivity contribution in [1.29, 1.82) is 0 Å². The minimum Gasteiger partial charge on any atom is -0.353 e. The van der Waals surface area contributed by atoms with Gasteiger partial charge >= 0.3 is 0 Å². The Kier molecular flexibility index (Phi) is 7.48. The van der Waals surface area contributed by atoms with E-state index in [0.29, 0.717) is 12.8 Å². The van der Waals surface area contributed by atoms with Gasteiger partial charge in [-0.05, 0) is 31.9 Å². The second-order valence-electron chi connectivity index (χ2n) is 7.75. The molecule has 1 amide bonds. The molecular weight excluding hydrogens is 384 g/mol. The highest BCUT2D eigenvalue weighted by molar-refractivity contribution is 6.31. The number of piperazine rings is 1. The first-order valence-electron chi connectivity index (χ1n) is 10.6. The fourth-order valence-corrected chi connectivity index (χ4v) is 4.07. The molecule has 5 nitrogen and oxygen atoms in total. The van der Waals surface area contributed by atoms with Crippen LogP contribution in [0.15, 0.2) is 24.3 Å². The van der Waals surface area contributed by atoms with Crippen LogP contribution in [0.3, 0.4) is 0 Å². The molecule has 6 heteroatoms. The highest BCUT2D eigenvalue weighted by Crippen LogP contribution is 2.27. The van der Waals surface area contributed by atoms with E-state index in [1.807, 2.05) is 36.9 Å². The molecule has 0 radical (unpaired) electrons. The van der Waals surface area contributed by atoms with Crippen molar-refractivity contribution in [3.05, 3.63) is 51.9 Å². The third kappa shape index (κ3) is 5.47. The quantitative estimate of drug-likeness (QED) is 0.623. The van der Waals surface area contributed by atoms with Crippen LogP contribution in [0, 0.1) is 13.8 Å². The maximum absolute atomic E-state index is 12.4. The fraction of sp³-hybridized carbons (Fsp3) is 0.522. The Morgan fingerprint density at radius 3 is 2.48 bits per heavy atom. The summed E-state index contributed by atoms with van der Waals surface area (Å²) >= 11 is 6.40. The van der Waals surface area contributed by atoms with Crippen molar-refractivity contribution in [3.8, 4) is 0 Å². The van der Waals surface area contributed by atoms with E-state index in [0.717, 1.165) is 78.9 Å². The zero-order chi connectivity index (χ0) is 20.8. The van der Waals surface area contributed by atoms with Gasteiger partial charge in [0.25, 0.3) is 0 Å². The monoisotopic (exact) mass is 414 g/mol. The summed E-state index contributed by atoms with van der Waals surface area (Å²) in [7, 11) is 0. The molecule has 3 rings (SSSR count). The summed E-state index contributed by atoms with van der Waals surface area (Å²) in [5.41, 5.74) is 3.19. The van der Waals surface area contributed by atoms with Crippen LogP contribution in [-0.2, 0) is 11.2 Å². The summed E-state index contributed by atoms with van der Waals surface area (Å²) in [5.74, 6) is 2.04. The minimum absolute atomic E-state index is 0.282. The molecule has 2 aromatic rings. The topological polar surface area (TPSA) is 49.3 Å². The van der Waals surface area contributed by atoms with Crippen molar-refractivity contribution in [2.75, 3.05) is 31.1 Å². The zero-order valence-electron chi connectivity index (χ0n) is 17.7. The van der Waals surface area contributed by atoms with E-state index in [2.05, 4.69) is 22.9 Å². The molecule has 0 atom stereocenters. The summed E-state index contributed by atoms with van der Waals surface area (Å²) in [6.07, 6.45) is 4.62. The first-order chi connectivity index (χ1) is 14.0. The Morgan fingerprint density at radius 1 is 1.07 bits per heavy atom. The van der Waals surface area contributed by atoms with E-state index in [-0.39, 0.29) is 5.91 Å². The predicted octanol–water partition coefficient (Wildman–Crippen LogP) is 4.57. The van der Waals surface area contributed by atoms with Gasteiger partial charge in [0, 0.05) is 55.3 Å². The average Bonchev–Trinajstić information content (AvgIpc) is 2.71. The molecular formula is C23H31ClN4O. The number of aryl methyl sites for hydroxylation is 2. The Bertz CT molecular complexity index is 847. The van der Waals surface area contributed by atoms with Crippen LogP contribution >= 0.6 is 11.6 Å². The molecule has 0 saturated carbocycles. The number of amides is 1. The zero-order valence-corrected chi connectivity index (χ0v) is 18.5. The molecule has 0 unspecified atom stereocenters. The van der Waals surface area contributed by atoms with Crippen LogP contribution in [0.25, 0.3) is 0 Å². The van der Waals surface area contributed by atoms with Gasteiger partial charge in [-0.15, -0.1) is 0 Å². The molecule has 0 aliphatic carbocycles. The van der Waals surface area contributed by atoms with Crippen molar-refractivity contribution in [2.45, 2.75) is 52.9 Å². The molecule has 1 saturated heterocycles. The number of carbonyl (C=O) groups is 1. The maximum atomic E-state index is 12.4. The molecule has 1 fully saturated rings.